The van der Waals surface area contributed by atoms with E-state index in [1.165, 1.54) is 0 Å². The summed E-state index contributed by atoms with van der Waals surface area (Å²) in [7, 11) is 0. The van der Waals surface area contributed by atoms with Crippen molar-refractivity contribution >= 4 is 0 Å². The molecule has 1 saturated carbocycles. The van der Waals surface area contributed by atoms with Crippen molar-refractivity contribution in [3.63, 3.8) is 0 Å². The van der Waals surface area contributed by atoms with Crippen LogP contribution >= 0.6 is 0 Å². The fourth-order valence-corrected chi connectivity index (χ4v) is 2.14. The fraction of sp³-hybridized carbons (Fsp3) is 0.500. The van der Waals surface area contributed by atoms with E-state index in [9.17, 15) is 8.78 Å². The molecule has 1 aromatic carbocycles. The summed E-state index contributed by atoms with van der Waals surface area (Å²) in [5.41, 5.74) is 6.64. The van der Waals surface area contributed by atoms with Crippen LogP contribution in [0.4, 0.5) is 8.78 Å². The second-order valence-corrected chi connectivity index (χ2v) is 4.28. The van der Waals surface area contributed by atoms with Gasteiger partial charge < -0.3 is 10.5 Å². The largest absolute Gasteiger partial charge is 0.435 e. The van der Waals surface area contributed by atoms with Gasteiger partial charge in [0.1, 0.15) is 5.75 Å². The molecule has 0 spiro atoms. The molecule has 16 heavy (non-hydrogen) atoms. The summed E-state index contributed by atoms with van der Waals surface area (Å²) in [5.74, 6) is 0.947. The molecule has 88 valence electrons. The summed E-state index contributed by atoms with van der Waals surface area (Å²) < 4.78 is 28.9. The van der Waals surface area contributed by atoms with Crippen molar-refractivity contribution in [1.82, 2.24) is 0 Å². The van der Waals surface area contributed by atoms with E-state index in [0.717, 1.165) is 12.0 Å². The summed E-state index contributed by atoms with van der Waals surface area (Å²) in [6.45, 7) is -0.824. The topological polar surface area (TPSA) is 35.2 Å². The van der Waals surface area contributed by atoms with Crippen molar-refractivity contribution in [1.29, 1.82) is 0 Å². The summed E-state index contributed by atoms with van der Waals surface area (Å²) in [4.78, 5) is 0. The van der Waals surface area contributed by atoms with Crippen LogP contribution in [0.2, 0.25) is 0 Å². The van der Waals surface area contributed by atoms with Crippen molar-refractivity contribution in [2.75, 3.05) is 0 Å². The molecule has 0 saturated heterocycles. The Kier molecular flexibility index (Phi) is 3.10. The quantitative estimate of drug-likeness (QED) is 0.858. The van der Waals surface area contributed by atoms with Crippen LogP contribution in [0.5, 0.6) is 5.75 Å². The third kappa shape index (κ3) is 2.32. The van der Waals surface area contributed by atoms with Crippen molar-refractivity contribution in [2.24, 2.45) is 11.7 Å². The Morgan fingerprint density at radius 3 is 2.62 bits per heavy atom. The summed E-state index contributed by atoms with van der Waals surface area (Å²) in [6.07, 6.45) is 0.960. The van der Waals surface area contributed by atoms with E-state index < -0.39 is 6.61 Å². The maximum atomic E-state index is 12.2. The lowest BCUT2D eigenvalue weighted by Gasteiger charge is -2.11. The predicted octanol–water partition coefficient (Wildman–Crippen LogP) is 2.74. The van der Waals surface area contributed by atoms with E-state index in [4.69, 9.17) is 5.73 Å². The third-order valence-electron chi connectivity index (χ3n) is 3.05. The molecule has 1 aliphatic carbocycles. The first-order chi connectivity index (χ1) is 7.59. The maximum Gasteiger partial charge on any atom is 0.387 e. The molecule has 0 amide bonds. The van der Waals surface area contributed by atoms with Crippen molar-refractivity contribution in [3.8, 4) is 5.75 Å². The number of nitrogens with two attached hydrogens (primary N) is 1. The van der Waals surface area contributed by atoms with Crippen LogP contribution in [-0.2, 0) is 0 Å². The number of rotatable bonds is 4. The molecule has 1 aromatic rings. The number of benzene rings is 1. The zero-order chi connectivity index (χ0) is 11.7. The monoisotopic (exact) mass is 227 g/mol. The number of alkyl halides is 2. The second-order valence-electron chi connectivity index (χ2n) is 4.28. The number of hydrogen-bond donors (Lipinski definition) is 1. The highest BCUT2D eigenvalue weighted by Crippen LogP contribution is 2.51. The Balaban J connectivity index is 2.15. The van der Waals surface area contributed by atoms with Gasteiger partial charge in [-0.05, 0) is 36.8 Å². The van der Waals surface area contributed by atoms with E-state index in [0.29, 0.717) is 5.92 Å². The highest BCUT2D eigenvalue weighted by atomic mass is 19.3. The number of halogens is 2. The van der Waals surface area contributed by atoms with E-state index in [-0.39, 0.29) is 17.7 Å². The van der Waals surface area contributed by atoms with Crippen LogP contribution in [0.25, 0.3) is 0 Å². The Morgan fingerprint density at radius 2 is 2.06 bits per heavy atom. The molecule has 0 bridgehead atoms. The van der Waals surface area contributed by atoms with Gasteiger partial charge in [-0.2, -0.15) is 8.78 Å². The highest BCUT2D eigenvalue weighted by Gasteiger charge is 2.42. The van der Waals surface area contributed by atoms with Gasteiger partial charge in [0.15, 0.2) is 0 Å². The number of hydrogen-bond acceptors (Lipinski definition) is 2. The van der Waals surface area contributed by atoms with Crippen molar-refractivity contribution < 1.29 is 13.5 Å². The van der Waals surface area contributed by atoms with E-state index in [1.54, 1.807) is 12.1 Å². The lowest BCUT2D eigenvalue weighted by atomic mass is 10.1. The van der Waals surface area contributed by atoms with Gasteiger partial charge in [-0.15, -0.1) is 0 Å². The Labute approximate surface area is 93.4 Å². The van der Waals surface area contributed by atoms with Gasteiger partial charge in [-0.25, -0.2) is 0 Å². The standard InChI is InChI=1S/C12H15F2NO/c1-7(15)9-6-10(9)8-4-2-3-5-11(8)16-12(13)14/h2-5,7,9-10,12H,6,15H2,1H3. The van der Waals surface area contributed by atoms with Gasteiger partial charge in [0.2, 0.25) is 0 Å². The van der Waals surface area contributed by atoms with Crippen LogP contribution in [0.1, 0.15) is 24.8 Å². The zero-order valence-corrected chi connectivity index (χ0v) is 9.07. The molecule has 2 nitrogen and oxygen atoms in total. The zero-order valence-electron chi connectivity index (χ0n) is 9.07. The molecule has 0 aromatic heterocycles. The van der Waals surface area contributed by atoms with Crippen molar-refractivity contribution in [3.05, 3.63) is 29.8 Å². The van der Waals surface area contributed by atoms with Gasteiger partial charge >= 0.3 is 6.61 Å². The molecule has 1 fully saturated rings. The van der Waals surface area contributed by atoms with Gasteiger partial charge in [0.25, 0.3) is 0 Å². The summed E-state index contributed by atoms with van der Waals surface area (Å²) in [5, 5.41) is 0. The summed E-state index contributed by atoms with van der Waals surface area (Å²) >= 11 is 0. The third-order valence-corrected chi connectivity index (χ3v) is 3.05. The Hall–Kier alpha value is -1.16. The van der Waals surface area contributed by atoms with E-state index in [1.807, 2.05) is 19.1 Å². The molecule has 2 N–H and O–H groups in total. The first kappa shape index (κ1) is 11.3. The Morgan fingerprint density at radius 1 is 1.38 bits per heavy atom. The normalized spacial score (nSPS) is 25.6. The van der Waals surface area contributed by atoms with E-state index >= 15 is 0 Å². The van der Waals surface area contributed by atoms with Crippen molar-refractivity contribution in [2.45, 2.75) is 31.9 Å². The molecule has 2 rings (SSSR count). The predicted molar refractivity (Wildman–Crippen MR) is 57.6 cm³/mol. The molecule has 0 aliphatic heterocycles. The van der Waals surface area contributed by atoms with Gasteiger partial charge in [0, 0.05) is 6.04 Å². The van der Waals surface area contributed by atoms with Gasteiger partial charge in [0.05, 0.1) is 0 Å². The van der Waals surface area contributed by atoms with Crippen LogP contribution in [0.3, 0.4) is 0 Å². The highest BCUT2D eigenvalue weighted by molar-refractivity contribution is 5.40. The molecule has 4 heteroatoms. The van der Waals surface area contributed by atoms with Gasteiger partial charge in [-0.3, -0.25) is 0 Å². The second kappa shape index (κ2) is 4.37. The van der Waals surface area contributed by atoms with Crippen LogP contribution in [-0.4, -0.2) is 12.7 Å². The maximum absolute atomic E-state index is 12.2. The average molecular weight is 227 g/mol. The molecule has 3 atom stereocenters. The molecule has 3 unspecified atom stereocenters. The number of ether oxygens (including phenoxy) is 1. The Bertz CT molecular complexity index is 368. The van der Waals surface area contributed by atoms with Gasteiger partial charge in [-0.1, -0.05) is 18.2 Å². The first-order valence-electron chi connectivity index (χ1n) is 5.39. The lowest BCUT2D eigenvalue weighted by molar-refractivity contribution is -0.0504. The number of para-hydroxylation sites is 1. The van der Waals surface area contributed by atoms with Crippen LogP contribution in [0, 0.1) is 5.92 Å². The minimum Gasteiger partial charge on any atom is -0.435 e. The fourth-order valence-electron chi connectivity index (χ4n) is 2.14. The lowest BCUT2D eigenvalue weighted by Crippen LogP contribution is -2.18. The molecule has 1 aliphatic rings. The van der Waals surface area contributed by atoms with Crippen LogP contribution < -0.4 is 10.5 Å². The molecular weight excluding hydrogens is 212 g/mol. The minimum atomic E-state index is -2.77. The van der Waals surface area contributed by atoms with Crippen LogP contribution in [0.15, 0.2) is 24.3 Å². The van der Waals surface area contributed by atoms with E-state index in [2.05, 4.69) is 4.74 Å². The average Bonchev–Trinajstić information content (AvgIpc) is 2.97. The molecule has 0 heterocycles. The molecular formula is C12H15F2NO. The SMILES string of the molecule is CC(N)C1CC1c1ccccc1OC(F)F. The first-order valence-corrected chi connectivity index (χ1v) is 5.39. The molecule has 0 radical (unpaired) electrons. The smallest absolute Gasteiger partial charge is 0.387 e. The minimum absolute atomic E-state index is 0.101. The summed E-state index contributed by atoms with van der Waals surface area (Å²) in [6, 6.07) is 7.06.